The van der Waals surface area contributed by atoms with Crippen molar-refractivity contribution in [3.05, 3.63) is 65.7 Å². The summed E-state index contributed by atoms with van der Waals surface area (Å²) in [4.78, 5) is 39.4. The van der Waals surface area contributed by atoms with Crippen molar-refractivity contribution in [1.29, 1.82) is 0 Å². The number of amides is 3. The van der Waals surface area contributed by atoms with Crippen molar-refractivity contribution < 1.29 is 24.2 Å². The summed E-state index contributed by atoms with van der Waals surface area (Å²) < 4.78 is 5.35. The van der Waals surface area contributed by atoms with Crippen LogP contribution in [0.3, 0.4) is 0 Å². The van der Waals surface area contributed by atoms with Gasteiger partial charge in [-0.05, 0) is 71.6 Å². The molecule has 0 saturated heterocycles. The third kappa shape index (κ3) is 11.6. The molecule has 2 aromatic carbocycles. The van der Waals surface area contributed by atoms with E-state index in [1.807, 2.05) is 77.1 Å². The fourth-order valence-corrected chi connectivity index (χ4v) is 4.95. The van der Waals surface area contributed by atoms with Gasteiger partial charge in [0.25, 0.3) is 5.91 Å². The molecule has 0 spiro atoms. The van der Waals surface area contributed by atoms with Crippen LogP contribution in [-0.4, -0.2) is 58.1 Å². The molecule has 8 nitrogen and oxygen atoms in total. The predicted octanol–water partition coefficient (Wildman–Crippen LogP) is 4.94. The zero-order chi connectivity index (χ0) is 30.1. The lowest BCUT2D eigenvalue weighted by Crippen LogP contribution is -2.55. The molecule has 0 radical (unpaired) electrons. The van der Waals surface area contributed by atoms with Crippen LogP contribution in [0.15, 0.2) is 59.5 Å². The van der Waals surface area contributed by atoms with Gasteiger partial charge in [-0.3, -0.25) is 9.59 Å². The van der Waals surface area contributed by atoms with Gasteiger partial charge in [0, 0.05) is 16.2 Å². The standard InChI is InChI=1S/C31H45N3O5S/c1-20(2)26(33-29(38)39-31(6,7)8)28(37)32-23(18-21-14-10-9-11-15-21)24(35)19-40-25-17-13-12-16-22(25)27(36)34-30(3,4)5/h9-17,20,23-24,26,35H,18-19H2,1-8H3,(H,32,37)(H,33,38)(H,34,36)/t23-,24-,26-/m0/s1. The molecule has 0 heterocycles. The van der Waals surface area contributed by atoms with E-state index in [2.05, 4.69) is 16.0 Å². The smallest absolute Gasteiger partial charge is 0.408 e. The highest BCUT2D eigenvalue weighted by Crippen LogP contribution is 2.25. The fraction of sp³-hybridized carbons (Fsp3) is 0.516. The van der Waals surface area contributed by atoms with Gasteiger partial charge in [0.1, 0.15) is 11.6 Å². The lowest BCUT2D eigenvalue weighted by atomic mass is 9.99. The van der Waals surface area contributed by atoms with Crippen molar-refractivity contribution in [2.24, 2.45) is 5.92 Å². The molecule has 3 amide bonds. The first-order valence-electron chi connectivity index (χ1n) is 13.6. The molecule has 0 fully saturated rings. The summed E-state index contributed by atoms with van der Waals surface area (Å²) in [5.41, 5.74) is 0.383. The Kier molecular flexibility index (Phi) is 12.1. The first kappa shape index (κ1) is 33.2. The number of aliphatic hydroxyl groups excluding tert-OH is 1. The molecule has 0 saturated carbocycles. The summed E-state index contributed by atoms with van der Waals surface area (Å²) in [5.74, 6) is -0.573. The van der Waals surface area contributed by atoms with Gasteiger partial charge < -0.3 is 25.8 Å². The minimum atomic E-state index is -0.942. The summed E-state index contributed by atoms with van der Waals surface area (Å²) >= 11 is 1.36. The maximum absolute atomic E-state index is 13.4. The monoisotopic (exact) mass is 571 g/mol. The van der Waals surface area contributed by atoms with Gasteiger partial charge in [-0.2, -0.15) is 0 Å². The lowest BCUT2D eigenvalue weighted by Gasteiger charge is -2.29. The van der Waals surface area contributed by atoms with Gasteiger partial charge in [-0.25, -0.2) is 4.79 Å². The number of carbonyl (C=O) groups excluding carboxylic acids is 3. The molecule has 0 aromatic heterocycles. The van der Waals surface area contributed by atoms with E-state index in [4.69, 9.17) is 4.74 Å². The Morgan fingerprint density at radius 1 is 0.900 bits per heavy atom. The second-order valence-electron chi connectivity index (χ2n) is 12.3. The van der Waals surface area contributed by atoms with Crippen molar-refractivity contribution in [1.82, 2.24) is 16.0 Å². The van der Waals surface area contributed by atoms with Crippen LogP contribution in [0.1, 0.15) is 71.3 Å². The number of hydrogen-bond acceptors (Lipinski definition) is 6. The second kappa shape index (κ2) is 14.6. The molecule has 9 heteroatoms. The van der Waals surface area contributed by atoms with Crippen LogP contribution >= 0.6 is 11.8 Å². The molecule has 220 valence electrons. The van der Waals surface area contributed by atoms with E-state index in [1.54, 1.807) is 32.9 Å². The number of nitrogens with one attached hydrogen (secondary N) is 3. The highest BCUT2D eigenvalue weighted by Gasteiger charge is 2.31. The molecule has 4 N–H and O–H groups in total. The van der Waals surface area contributed by atoms with E-state index in [0.717, 1.165) is 10.5 Å². The summed E-state index contributed by atoms with van der Waals surface area (Å²) in [6.45, 7) is 14.7. The van der Waals surface area contributed by atoms with Gasteiger partial charge >= 0.3 is 6.09 Å². The Hall–Kier alpha value is -3.04. The summed E-state index contributed by atoms with van der Waals surface area (Å²) in [7, 11) is 0. The number of rotatable bonds is 11. The van der Waals surface area contributed by atoms with E-state index in [-0.39, 0.29) is 23.1 Å². The van der Waals surface area contributed by atoms with Crippen LogP contribution in [0.25, 0.3) is 0 Å². The quantitative estimate of drug-likeness (QED) is 0.284. The van der Waals surface area contributed by atoms with Crippen molar-refractivity contribution in [3.8, 4) is 0 Å². The molecule has 2 aromatic rings. The number of carbonyl (C=O) groups is 3. The largest absolute Gasteiger partial charge is 0.444 e. The summed E-state index contributed by atoms with van der Waals surface area (Å²) in [6, 6.07) is 15.3. The van der Waals surface area contributed by atoms with Crippen LogP contribution in [0, 0.1) is 5.92 Å². The fourth-order valence-electron chi connectivity index (χ4n) is 3.87. The Morgan fingerprint density at radius 2 is 1.50 bits per heavy atom. The Morgan fingerprint density at radius 3 is 2.08 bits per heavy atom. The van der Waals surface area contributed by atoms with Crippen LogP contribution < -0.4 is 16.0 Å². The highest BCUT2D eigenvalue weighted by atomic mass is 32.2. The first-order chi connectivity index (χ1) is 18.6. The zero-order valence-electron chi connectivity index (χ0n) is 24.9. The minimum absolute atomic E-state index is 0.188. The maximum Gasteiger partial charge on any atom is 0.408 e. The van der Waals surface area contributed by atoms with Crippen molar-refractivity contribution >= 4 is 29.7 Å². The van der Waals surface area contributed by atoms with E-state index >= 15 is 0 Å². The SMILES string of the molecule is CC(C)[C@H](NC(=O)OC(C)(C)C)C(=O)N[C@@H](Cc1ccccc1)[C@@H](O)CSc1ccccc1C(=O)NC(C)(C)C. The summed E-state index contributed by atoms with van der Waals surface area (Å²) in [6.07, 6.45) is -1.23. The normalized spacial score (nSPS) is 14.2. The van der Waals surface area contributed by atoms with Gasteiger partial charge in [-0.1, -0.05) is 56.3 Å². The van der Waals surface area contributed by atoms with Crippen LogP contribution in [0.5, 0.6) is 0 Å². The predicted molar refractivity (Wildman–Crippen MR) is 160 cm³/mol. The average Bonchev–Trinajstić information content (AvgIpc) is 2.84. The molecule has 40 heavy (non-hydrogen) atoms. The highest BCUT2D eigenvalue weighted by molar-refractivity contribution is 7.99. The van der Waals surface area contributed by atoms with Crippen LogP contribution in [-0.2, 0) is 16.0 Å². The van der Waals surface area contributed by atoms with Crippen LogP contribution in [0.2, 0.25) is 0 Å². The molecule has 3 atom stereocenters. The van der Waals surface area contributed by atoms with E-state index in [1.165, 1.54) is 11.8 Å². The molecule has 0 bridgehead atoms. The van der Waals surface area contributed by atoms with Gasteiger partial charge in [0.05, 0.1) is 17.7 Å². The molecular formula is C31H45N3O5S. The Balaban J connectivity index is 2.21. The van der Waals surface area contributed by atoms with Gasteiger partial charge in [-0.15, -0.1) is 11.8 Å². The number of aliphatic hydroxyl groups is 1. The Bertz CT molecular complexity index is 1130. The number of thioether (sulfide) groups is 1. The molecule has 0 unspecified atom stereocenters. The number of benzene rings is 2. The Labute approximate surface area is 243 Å². The lowest BCUT2D eigenvalue weighted by molar-refractivity contribution is -0.125. The molecule has 0 aliphatic rings. The number of hydrogen-bond donors (Lipinski definition) is 4. The minimum Gasteiger partial charge on any atom is -0.444 e. The van der Waals surface area contributed by atoms with Gasteiger partial charge in [0.2, 0.25) is 5.91 Å². The summed E-state index contributed by atoms with van der Waals surface area (Å²) in [5, 5.41) is 19.9. The zero-order valence-corrected chi connectivity index (χ0v) is 25.7. The van der Waals surface area contributed by atoms with E-state index in [0.29, 0.717) is 12.0 Å². The second-order valence-corrected chi connectivity index (χ2v) is 13.3. The van der Waals surface area contributed by atoms with Crippen molar-refractivity contribution in [2.45, 2.75) is 96.0 Å². The van der Waals surface area contributed by atoms with Crippen molar-refractivity contribution in [2.75, 3.05) is 5.75 Å². The topological polar surface area (TPSA) is 117 Å². The molecular weight excluding hydrogens is 526 g/mol. The maximum atomic E-state index is 13.4. The molecule has 0 aliphatic carbocycles. The average molecular weight is 572 g/mol. The third-order valence-electron chi connectivity index (χ3n) is 5.74. The van der Waals surface area contributed by atoms with Crippen molar-refractivity contribution in [3.63, 3.8) is 0 Å². The number of ether oxygens (including phenoxy) is 1. The van der Waals surface area contributed by atoms with Crippen LogP contribution in [0.4, 0.5) is 4.79 Å². The van der Waals surface area contributed by atoms with E-state index in [9.17, 15) is 19.5 Å². The molecule has 2 rings (SSSR count). The van der Waals surface area contributed by atoms with Gasteiger partial charge in [0.15, 0.2) is 0 Å². The number of alkyl carbamates (subject to hydrolysis) is 1. The van der Waals surface area contributed by atoms with E-state index < -0.39 is 35.8 Å². The third-order valence-corrected chi connectivity index (χ3v) is 6.92. The first-order valence-corrected chi connectivity index (χ1v) is 14.6. The molecule has 0 aliphatic heterocycles.